The molecular formula is C14H14O3. The van der Waals surface area contributed by atoms with Crippen LogP contribution in [0.15, 0.2) is 11.6 Å². The van der Waals surface area contributed by atoms with Crippen molar-refractivity contribution >= 4 is 11.9 Å². The van der Waals surface area contributed by atoms with Crippen LogP contribution in [-0.4, -0.2) is 11.9 Å². The number of esters is 2. The summed E-state index contributed by atoms with van der Waals surface area (Å²) in [5.41, 5.74) is 1.59. The molecule has 6 atom stereocenters. The van der Waals surface area contributed by atoms with E-state index in [1.165, 1.54) is 24.8 Å². The first-order valence-corrected chi connectivity index (χ1v) is 6.69. The Labute approximate surface area is 99.2 Å². The highest BCUT2D eigenvalue weighted by molar-refractivity contribution is 5.99. The average molecular weight is 230 g/mol. The molecule has 88 valence electrons. The van der Waals surface area contributed by atoms with E-state index in [-0.39, 0.29) is 29.2 Å². The van der Waals surface area contributed by atoms with E-state index in [1.807, 2.05) is 0 Å². The zero-order chi connectivity index (χ0) is 11.4. The molecule has 0 amide bonds. The Morgan fingerprint density at radius 3 is 3.00 bits per heavy atom. The summed E-state index contributed by atoms with van der Waals surface area (Å²) >= 11 is 0. The Balaban J connectivity index is 1.75. The van der Waals surface area contributed by atoms with Crippen LogP contribution < -0.4 is 0 Å². The van der Waals surface area contributed by atoms with E-state index in [2.05, 4.69) is 6.08 Å². The van der Waals surface area contributed by atoms with Crippen LogP contribution >= 0.6 is 0 Å². The standard InChI is InChI=1S/C14H14O3/c15-12-10-7-4-9-6-1-2-8(3-6)14(9,5-7)11(10)13(16)17-12/h4,6-8,10-11H,1-3,5H2/t6-,7-,8-,10+,11-,14+/m0/s1. The van der Waals surface area contributed by atoms with Crippen molar-refractivity contribution in [2.45, 2.75) is 25.7 Å². The molecule has 1 aliphatic heterocycles. The SMILES string of the molecule is O=C1OC(=O)[C@@H]2[C@H]1[C@H]1C=C3[C@H]4CC[C@@H](C4)[C@]32C1. The molecule has 4 bridgehead atoms. The van der Waals surface area contributed by atoms with E-state index in [1.54, 1.807) is 0 Å². The van der Waals surface area contributed by atoms with Crippen LogP contribution in [0, 0.1) is 35.0 Å². The molecule has 1 heterocycles. The molecule has 0 aromatic rings. The molecule has 0 radical (unpaired) electrons. The maximum Gasteiger partial charge on any atom is 0.318 e. The van der Waals surface area contributed by atoms with Gasteiger partial charge >= 0.3 is 11.9 Å². The monoisotopic (exact) mass is 230 g/mol. The topological polar surface area (TPSA) is 43.4 Å². The molecule has 1 saturated heterocycles. The summed E-state index contributed by atoms with van der Waals surface area (Å²) in [5, 5.41) is 0. The summed E-state index contributed by atoms with van der Waals surface area (Å²) in [4.78, 5) is 23.8. The van der Waals surface area contributed by atoms with Gasteiger partial charge in [-0.3, -0.25) is 9.59 Å². The minimum Gasteiger partial charge on any atom is -0.393 e. The molecule has 5 aliphatic rings. The zero-order valence-corrected chi connectivity index (χ0v) is 9.52. The van der Waals surface area contributed by atoms with Crippen molar-refractivity contribution in [3.8, 4) is 0 Å². The molecule has 0 aromatic carbocycles. The molecule has 3 nitrogen and oxygen atoms in total. The summed E-state index contributed by atoms with van der Waals surface area (Å²) in [6.07, 6.45) is 7.19. The molecule has 3 saturated carbocycles. The number of carbonyl (C=O) groups is 2. The van der Waals surface area contributed by atoms with Crippen molar-refractivity contribution in [2.24, 2.45) is 35.0 Å². The van der Waals surface area contributed by atoms with Gasteiger partial charge in [-0.15, -0.1) is 0 Å². The second kappa shape index (κ2) is 2.36. The van der Waals surface area contributed by atoms with Gasteiger partial charge in [0.25, 0.3) is 0 Å². The first-order valence-electron chi connectivity index (χ1n) is 6.69. The molecular weight excluding hydrogens is 216 g/mol. The normalized spacial score (nSPS) is 57.2. The fourth-order valence-corrected chi connectivity index (χ4v) is 5.86. The third-order valence-electron chi connectivity index (χ3n) is 6.21. The molecule has 0 aromatic heterocycles. The summed E-state index contributed by atoms with van der Waals surface area (Å²) in [6, 6.07) is 0. The Kier molecular flexibility index (Phi) is 1.23. The largest absolute Gasteiger partial charge is 0.393 e. The number of allylic oxidation sites excluding steroid dienone is 2. The second-order valence-corrected chi connectivity index (χ2v) is 6.48. The average Bonchev–Trinajstić information content (AvgIpc) is 3.01. The highest BCUT2D eigenvalue weighted by Crippen LogP contribution is 2.75. The summed E-state index contributed by atoms with van der Waals surface area (Å²) in [7, 11) is 0. The Morgan fingerprint density at radius 2 is 2.12 bits per heavy atom. The van der Waals surface area contributed by atoms with Crippen molar-refractivity contribution in [1.82, 2.24) is 0 Å². The lowest BCUT2D eigenvalue weighted by molar-refractivity contribution is -0.155. The molecule has 4 fully saturated rings. The number of hydrogen-bond acceptors (Lipinski definition) is 3. The number of hydrogen-bond donors (Lipinski definition) is 0. The van der Waals surface area contributed by atoms with Crippen LogP contribution in [0.3, 0.4) is 0 Å². The lowest BCUT2D eigenvalue weighted by Crippen LogP contribution is -2.38. The quantitative estimate of drug-likeness (QED) is 0.361. The van der Waals surface area contributed by atoms with Crippen molar-refractivity contribution in [3.63, 3.8) is 0 Å². The van der Waals surface area contributed by atoms with Gasteiger partial charge in [0.05, 0.1) is 11.8 Å². The Bertz CT molecular complexity index is 506. The minimum atomic E-state index is -0.250. The van der Waals surface area contributed by atoms with E-state index in [0.29, 0.717) is 11.8 Å². The third-order valence-corrected chi connectivity index (χ3v) is 6.21. The summed E-state index contributed by atoms with van der Waals surface area (Å²) < 4.78 is 4.91. The lowest BCUT2D eigenvalue weighted by Gasteiger charge is -2.38. The fourth-order valence-electron chi connectivity index (χ4n) is 5.86. The highest BCUT2D eigenvalue weighted by atomic mass is 16.6. The molecule has 17 heavy (non-hydrogen) atoms. The van der Waals surface area contributed by atoms with E-state index >= 15 is 0 Å². The maximum atomic E-state index is 12.0. The Hall–Kier alpha value is -1.12. The smallest absolute Gasteiger partial charge is 0.318 e. The van der Waals surface area contributed by atoms with Gasteiger partial charge < -0.3 is 4.74 Å². The lowest BCUT2D eigenvalue weighted by atomic mass is 9.63. The number of cyclic esters (lactones) is 2. The molecule has 0 unspecified atom stereocenters. The number of fused-ring (bicyclic) bond motifs is 6. The first kappa shape index (κ1) is 8.90. The van der Waals surface area contributed by atoms with Crippen molar-refractivity contribution in [1.29, 1.82) is 0 Å². The van der Waals surface area contributed by atoms with Gasteiger partial charge in [-0.05, 0) is 43.4 Å². The van der Waals surface area contributed by atoms with Crippen molar-refractivity contribution in [2.75, 3.05) is 0 Å². The molecule has 3 heteroatoms. The van der Waals surface area contributed by atoms with Gasteiger partial charge in [0.2, 0.25) is 0 Å². The van der Waals surface area contributed by atoms with E-state index in [4.69, 9.17) is 4.74 Å². The van der Waals surface area contributed by atoms with Gasteiger partial charge in [0.1, 0.15) is 0 Å². The van der Waals surface area contributed by atoms with Crippen LogP contribution in [-0.2, 0) is 14.3 Å². The molecule has 4 aliphatic carbocycles. The minimum absolute atomic E-state index is 0.0570. The molecule has 5 rings (SSSR count). The van der Waals surface area contributed by atoms with Gasteiger partial charge in [0, 0.05) is 5.41 Å². The van der Waals surface area contributed by atoms with Crippen molar-refractivity contribution in [3.05, 3.63) is 11.6 Å². The van der Waals surface area contributed by atoms with E-state index in [0.717, 1.165) is 12.3 Å². The zero-order valence-electron chi connectivity index (χ0n) is 9.52. The summed E-state index contributed by atoms with van der Waals surface area (Å²) in [5.74, 6) is 0.950. The van der Waals surface area contributed by atoms with Gasteiger partial charge in [-0.1, -0.05) is 11.6 Å². The second-order valence-electron chi connectivity index (χ2n) is 6.48. The fraction of sp³-hybridized carbons (Fsp3) is 0.714. The maximum absolute atomic E-state index is 12.0. The van der Waals surface area contributed by atoms with Crippen molar-refractivity contribution < 1.29 is 14.3 Å². The Morgan fingerprint density at radius 1 is 1.24 bits per heavy atom. The molecule has 1 spiro atoms. The number of rotatable bonds is 0. The van der Waals surface area contributed by atoms with E-state index < -0.39 is 0 Å². The number of ether oxygens (including phenoxy) is 1. The van der Waals surface area contributed by atoms with Crippen LogP contribution in [0.2, 0.25) is 0 Å². The van der Waals surface area contributed by atoms with Crippen LogP contribution in [0.5, 0.6) is 0 Å². The predicted molar refractivity (Wildman–Crippen MR) is 57.5 cm³/mol. The van der Waals surface area contributed by atoms with E-state index in [9.17, 15) is 9.59 Å². The first-order chi connectivity index (χ1) is 8.22. The van der Waals surface area contributed by atoms with Gasteiger partial charge in [-0.2, -0.15) is 0 Å². The van der Waals surface area contributed by atoms with Gasteiger partial charge in [-0.25, -0.2) is 0 Å². The highest BCUT2D eigenvalue weighted by Gasteiger charge is 2.73. The number of carbonyl (C=O) groups excluding carboxylic acids is 2. The third kappa shape index (κ3) is 0.712. The van der Waals surface area contributed by atoms with Crippen LogP contribution in [0.1, 0.15) is 25.7 Å². The van der Waals surface area contributed by atoms with Crippen LogP contribution in [0.25, 0.3) is 0 Å². The molecule has 0 N–H and O–H groups in total. The van der Waals surface area contributed by atoms with Gasteiger partial charge in [0.15, 0.2) is 0 Å². The predicted octanol–water partition coefficient (Wildman–Crippen LogP) is 1.68. The van der Waals surface area contributed by atoms with Crippen LogP contribution in [0.4, 0.5) is 0 Å². The summed E-state index contributed by atoms with van der Waals surface area (Å²) in [6.45, 7) is 0.